The van der Waals surface area contributed by atoms with E-state index < -0.39 is 0 Å². The molecule has 2 aliphatic carbocycles. The lowest BCUT2D eigenvalue weighted by Crippen LogP contribution is -2.45. The number of piperidine rings is 1. The maximum absolute atomic E-state index is 14.0. The standard InChI is InChI=1S/C26H23ClFN3O2S/c27-18-5-1-4-16(9-18)24(32)29-12-21-20-11-17(20)13-31(21)26(33)22-23(15-3-2-6-19(28)10-15)34-25(30-22)14-7-8-14/h1-6,9-10,14,17,20-21H,7-8,11-13H2,(H,29,32)/t17-,20-,21+/m0/s1. The predicted molar refractivity (Wildman–Crippen MR) is 130 cm³/mol. The van der Waals surface area contributed by atoms with Crippen LogP contribution in [0.3, 0.4) is 0 Å². The zero-order chi connectivity index (χ0) is 23.4. The molecule has 5 nitrogen and oxygen atoms in total. The third-order valence-electron chi connectivity index (χ3n) is 6.98. The molecule has 2 saturated carbocycles. The van der Waals surface area contributed by atoms with Crippen molar-refractivity contribution in [2.75, 3.05) is 13.1 Å². The van der Waals surface area contributed by atoms with Crippen LogP contribution in [-0.2, 0) is 0 Å². The van der Waals surface area contributed by atoms with Crippen molar-refractivity contribution in [1.29, 1.82) is 0 Å². The number of hydrogen-bond acceptors (Lipinski definition) is 4. The van der Waals surface area contributed by atoms with E-state index in [0.29, 0.717) is 52.7 Å². The summed E-state index contributed by atoms with van der Waals surface area (Å²) in [4.78, 5) is 33.8. The molecule has 3 atom stereocenters. The molecule has 0 unspecified atom stereocenters. The molecule has 2 heterocycles. The van der Waals surface area contributed by atoms with Crippen LogP contribution < -0.4 is 5.32 Å². The number of carbonyl (C=O) groups is 2. The van der Waals surface area contributed by atoms with Crippen molar-refractivity contribution in [2.24, 2.45) is 11.8 Å². The molecule has 0 spiro atoms. The second-order valence-corrected chi connectivity index (χ2v) is 10.9. The van der Waals surface area contributed by atoms with Crippen LogP contribution in [0.1, 0.15) is 51.0 Å². The number of nitrogens with zero attached hydrogens (tertiary/aromatic N) is 2. The first-order valence-corrected chi connectivity index (χ1v) is 12.8. The molecular formula is C26H23ClFN3O2S. The molecule has 2 amide bonds. The monoisotopic (exact) mass is 495 g/mol. The molecule has 0 bridgehead atoms. The lowest BCUT2D eigenvalue weighted by atomic mass is 10.1. The van der Waals surface area contributed by atoms with Gasteiger partial charge in [-0.1, -0.05) is 29.8 Å². The fourth-order valence-electron chi connectivity index (χ4n) is 4.94. The van der Waals surface area contributed by atoms with Crippen LogP contribution in [-0.4, -0.2) is 40.8 Å². The molecule has 3 aromatic rings. The minimum atomic E-state index is -0.332. The summed E-state index contributed by atoms with van der Waals surface area (Å²) in [5.74, 6) is 0.597. The summed E-state index contributed by atoms with van der Waals surface area (Å²) < 4.78 is 14.0. The first-order valence-electron chi connectivity index (χ1n) is 11.6. The molecule has 0 radical (unpaired) electrons. The number of carbonyl (C=O) groups excluding carboxylic acids is 2. The predicted octanol–water partition coefficient (Wildman–Crippen LogP) is 5.37. The van der Waals surface area contributed by atoms with Gasteiger partial charge >= 0.3 is 0 Å². The molecule has 1 saturated heterocycles. The number of rotatable bonds is 6. The fraction of sp³-hybridized carbons (Fsp3) is 0.346. The van der Waals surface area contributed by atoms with Gasteiger partial charge in [0, 0.05) is 29.6 Å². The van der Waals surface area contributed by atoms with Crippen molar-refractivity contribution in [3.8, 4) is 10.4 Å². The summed E-state index contributed by atoms with van der Waals surface area (Å²) in [6.45, 7) is 1.05. The van der Waals surface area contributed by atoms with Gasteiger partial charge in [-0.25, -0.2) is 9.37 Å². The Labute approximate surface area is 206 Å². The summed E-state index contributed by atoms with van der Waals surface area (Å²) in [5, 5.41) is 4.45. The topological polar surface area (TPSA) is 62.3 Å². The van der Waals surface area contributed by atoms with Crippen molar-refractivity contribution < 1.29 is 14.0 Å². The first-order chi connectivity index (χ1) is 16.5. The van der Waals surface area contributed by atoms with Gasteiger partial charge in [0.2, 0.25) is 0 Å². The Hall–Kier alpha value is -2.77. The van der Waals surface area contributed by atoms with Crippen LogP contribution in [0.2, 0.25) is 5.02 Å². The van der Waals surface area contributed by atoms with E-state index >= 15 is 0 Å². The van der Waals surface area contributed by atoms with E-state index in [1.165, 1.54) is 23.5 Å². The summed E-state index contributed by atoms with van der Waals surface area (Å²) in [6.07, 6.45) is 3.23. The molecule has 2 aromatic carbocycles. The third kappa shape index (κ3) is 4.12. The molecule has 3 fully saturated rings. The number of likely N-dealkylation sites (tertiary alicyclic amines) is 1. The maximum atomic E-state index is 14.0. The molecule has 6 rings (SSSR count). The molecule has 8 heteroatoms. The summed E-state index contributed by atoms with van der Waals surface area (Å²) >= 11 is 7.52. The van der Waals surface area contributed by atoms with Gasteiger partial charge in [-0.3, -0.25) is 9.59 Å². The van der Waals surface area contributed by atoms with Crippen molar-refractivity contribution in [3.05, 3.63) is 75.6 Å². The average Bonchev–Trinajstić information content (AvgIpc) is 3.75. The number of fused-ring (bicyclic) bond motifs is 1. The number of halogens is 2. The second-order valence-electron chi connectivity index (χ2n) is 9.42. The van der Waals surface area contributed by atoms with E-state index in [-0.39, 0.29) is 23.7 Å². The Balaban J connectivity index is 1.25. The molecule has 1 aromatic heterocycles. The highest BCUT2D eigenvalue weighted by atomic mass is 35.5. The lowest BCUT2D eigenvalue weighted by Gasteiger charge is -2.27. The molecular weight excluding hydrogens is 473 g/mol. The zero-order valence-corrected chi connectivity index (χ0v) is 19.9. The zero-order valence-electron chi connectivity index (χ0n) is 18.3. The Morgan fingerprint density at radius 1 is 1.18 bits per heavy atom. The van der Waals surface area contributed by atoms with Crippen molar-refractivity contribution in [3.63, 3.8) is 0 Å². The van der Waals surface area contributed by atoms with Gasteiger partial charge < -0.3 is 10.2 Å². The largest absolute Gasteiger partial charge is 0.350 e. The quantitative estimate of drug-likeness (QED) is 0.500. The van der Waals surface area contributed by atoms with E-state index in [9.17, 15) is 14.0 Å². The van der Waals surface area contributed by atoms with Gasteiger partial charge in [0.05, 0.1) is 15.9 Å². The van der Waals surface area contributed by atoms with Crippen LogP contribution in [0.4, 0.5) is 4.39 Å². The van der Waals surface area contributed by atoms with Gasteiger partial charge in [-0.05, 0) is 67.0 Å². The maximum Gasteiger partial charge on any atom is 0.274 e. The fourth-order valence-corrected chi connectivity index (χ4v) is 6.36. The highest BCUT2D eigenvalue weighted by molar-refractivity contribution is 7.15. The second kappa shape index (κ2) is 8.47. The normalized spacial score (nSPS) is 23.0. The number of thiazole rings is 1. The van der Waals surface area contributed by atoms with Crippen molar-refractivity contribution >= 4 is 34.8 Å². The third-order valence-corrected chi connectivity index (χ3v) is 8.48. The Morgan fingerprint density at radius 3 is 2.76 bits per heavy atom. The van der Waals surface area contributed by atoms with Crippen LogP contribution in [0.15, 0.2) is 48.5 Å². The average molecular weight is 496 g/mol. The SMILES string of the molecule is O=C(NC[C@@H]1[C@H]2C[C@H]2CN1C(=O)c1nc(C2CC2)sc1-c1cccc(F)c1)c1cccc(Cl)c1. The van der Waals surface area contributed by atoms with Gasteiger partial charge in [0.1, 0.15) is 11.5 Å². The molecule has 1 aliphatic heterocycles. The van der Waals surface area contributed by atoms with Gasteiger partial charge in [-0.2, -0.15) is 0 Å². The Morgan fingerprint density at radius 2 is 2.00 bits per heavy atom. The minimum Gasteiger partial charge on any atom is -0.350 e. The smallest absolute Gasteiger partial charge is 0.274 e. The van der Waals surface area contributed by atoms with E-state index in [4.69, 9.17) is 16.6 Å². The van der Waals surface area contributed by atoms with E-state index in [1.807, 2.05) is 11.0 Å². The van der Waals surface area contributed by atoms with Gasteiger partial charge in [0.25, 0.3) is 11.8 Å². The highest BCUT2D eigenvalue weighted by Crippen LogP contribution is 2.50. The van der Waals surface area contributed by atoms with Crippen molar-refractivity contribution in [2.45, 2.75) is 31.2 Å². The van der Waals surface area contributed by atoms with Crippen LogP contribution in [0, 0.1) is 17.7 Å². The minimum absolute atomic E-state index is 0.0768. The van der Waals surface area contributed by atoms with Gasteiger partial charge in [0.15, 0.2) is 0 Å². The van der Waals surface area contributed by atoms with Gasteiger partial charge in [-0.15, -0.1) is 11.3 Å². The highest BCUT2D eigenvalue weighted by Gasteiger charge is 2.54. The van der Waals surface area contributed by atoms with Crippen LogP contribution >= 0.6 is 22.9 Å². The number of nitrogens with one attached hydrogen (secondary N) is 1. The number of aromatic nitrogens is 1. The number of benzene rings is 2. The molecule has 3 aliphatic rings. The van der Waals surface area contributed by atoms with Crippen molar-refractivity contribution in [1.82, 2.24) is 15.2 Å². The van der Waals surface area contributed by atoms with E-state index in [2.05, 4.69) is 5.32 Å². The molecule has 1 N–H and O–H groups in total. The Kier molecular flexibility index (Phi) is 5.41. The summed E-state index contributed by atoms with van der Waals surface area (Å²) in [5.41, 5.74) is 1.59. The van der Waals surface area contributed by atoms with Crippen LogP contribution in [0.5, 0.6) is 0 Å². The summed E-state index contributed by atoms with van der Waals surface area (Å²) in [7, 11) is 0. The van der Waals surface area contributed by atoms with E-state index in [0.717, 1.165) is 29.1 Å². The lowest BCUT2D eigenvalue weighted by molar-refractivity contribution is 0.0690. The molecule has 34 heavy (non-hydrogen) atoms. The van der Waals surface area contributed by atoms with E-state index in [1.54, 1.807) is 30.3 Å². The molecule has 174 valence electrons. The van der Waals surface area contributed by atoms with Crippen LogP contribution in [0.25, 0.3) is 10.4 Å². The number of hydrogen-bond donors (Lipinski definition) is 1. The number of amides is 2. The Bertz CT molecular complexity index is 1290. The summed E-state index contributed by atoms with van der Waals surface area (Å²) in [6, 6.07) is 13.1. The first kappa shape index (κ1) is 21.7.